The van der Waals surface area contributed by atoms with E-state index in [1.165, 1.54) is 0 Å². The highest BCUT2D eigenvalue weighted by molar-refractivity contribution is 5.88. The van der Waals surface area contributed by atoms with E-state index >= 15 is 0 Å². The molecule has 0 spiro atoms. The Balaban J connectivity index is 0.00000144. The molecular formula is C13H16O4. The molecule has 0 radical (unpaired) electrons. The van der Waals surface area contributed by atoms with Crippen LogP contribution in [0.4, 0.5) is 0 Å². The summed E-state index contributed by atoms with van der Waals surface area (Å²) < 4.78 is 5.46. The van der Waals surface area contributed by atoms with Crippen LogP contribution in [0.5, 0.6) is 5.75 Å². The third-order valence-corrected chi connectivity index (χ3v) is 2.39. The topological polar surface area (TPSA) is 81.2 Å². The third-order valence-electron chi connectivity index (χ3n) is 2.39. The second-order valence-corrected chi connectivity index (χ2v) is 3.62. The minimum atomic E-state index is -0.834. The monoisotopic (exact) mass is 236 g/mol. The first-order valence-electron chi connectivity index (χ1n) is 5.21. The van der Waals surface area contributed by atoms with Gasteiger partial charge in [-0.1, -0.05) is 36.4 Å². The summed E-state index contributed by atoms with van der Waals surface area (Å²) in [4.78, 5) is 0. The summed E-state index contributed by atoms with van der Waals surface area (Å²) >= 11 is 0. The fourth-order valence-corrected chi connectivity index (χ4v) is 1.56. The molecule has 0 aliphatic heterocycles. The zero-order valence-corrected chi connectivity index (χ0v) is 9.34. The maximum atomic E-state index is 9.22. The van der Waals surface area contributed by atoms with Crippen molar-refractivity contribution in [2.24, 2.45) is 0 Å². The van der Waals surface area contributed by atoms with E-state index in [1.807, 2.05) is 42.5 Å². The molecule has 0 aliphatic carbocycles. The number of fused-ring (bicyclic) bond motifs is 1. The fourth-order valence-electron chi connectivity index (χ4n) is 1.56. The molecule has 92 valence electrons. The van der Waals surface area contributed by atoms with Gasteiger partial charge in [-0.05, 0) is 11.5 Å². The molecule has 0 amide bonds. The minimum Gasteiger partial charge on any atom is -0.490 e. The molecule has 2 aromatic carbocycles. The van der Waals surface area contributed by atoms with Gasteiger partial charge in [-0.25, -0.2) is 0 Å². The zero-order chi connectivity index (χ0) is 11.4. The molecule has 2 aromatic rings. The molecule has 4 nitrogen and oxygen atoms in total. The molecule has 0 aliphatic rings. The number of hydrogen-bond donors (Lipinski definition) is 2. The maximum absolute atomic E-state index is 9.22. The van der Waals surface area contributed by atoms with Crippen molar-refractivity contribution in [1.29, 1.82) is 0 Å². The molecular weight excluding hydrogens is 220 g/mol. The van der Waals surface area contributed by atoms with Gasteiger partial charge >= 0.3 is 0 Å². The Hall–Kier alpha value is -1.62. The van der Waals surface area contributed by atoms with Crippen molar-refractivity contribution in [1.82, 2.24) is 0 Å². The van der Waals surface area contributed by atoms with Gasteiger partial charge in [0.2, 0.25) is 0 Å². The molecule has 2 rings (SSSR count). The standard InChI is InChI=1S/C13H14O3.H2O/c14-8-11(15)9-16-13-7-3-5-10-4-1-2-6-12(10)13;/h1-7,11,14-15H,8-9H2;1H2. The van der Waals surface area contributed by atoms with Crippen LogP contribution in [0.1, 0.15) is 0 Å². The summed E-state index contributed by atoms with van der Waals surface area (Å²) in [6.07, 6.45) is -0.834. The lowest BCUT2D eigenvalue weighted by molar-refractivity contribution is 0.0541. The second-order valence-electron chi connectivity index (χ2n) is 3.62. The number of benzene rings is 2. The molecule has 0 fully saturated rings. The van der Waals surface area contributed by atoms with Crippen LogP contribution in [0.2, 0.25) is 0 Å². The van der Waals surface area contributed by atoms with Gasteiger partial charge in [0.25, 0.3) is 0 Å². The van der Waals surface area contributed by atoms with Crippen LogP contribution >= 0.6 is 0 Å². The van der Waals surface area contributed by atoms with E-state index in [1.54, 1.807) is 0 Å². The number of aliphatic hydroxyl groups is 2. The van der Waals surface area contributed by atoms with Crippen LogP contribution in [-0.4, -0.2) is 35.0 Å². The van der Waals surface area contributed by atoms with E-state index in [9.17, 15) is 5.11 Å². The van der Waals surface area contributed by atoms with Gasteiger partial charge in [0.1, 0.15) is 18.5 Å². The van der Waals surface area contributed by atoms with Crippen molar-refractivity contribution in [3.05, 3.63) is 42.5 Å². The summed E-state index contributed by atoms with van der Waals surface area (Å²) in [5.41, 5.74) is 0. The number of hydrogen-bond acceptors (Lipinski definition) is 3. The number of ether oxygens (including phenoxy) is 1. The molecule has 0 saturated carbocycles. The first-order valence-corrected chi connectivity index (χ1v) is 5.21. The molecule has 1 unspecified atom stereocenters. The lowest BCUT2D eigenvalue weighted by Crippen LogP contribution is -2.21. The molecule has 4 N–H and O–H groups in total. The fraction of sp³-hybridized carbons (Fsp3) is 0.231. The van der Waals surface area contributed by atoms with Crippen molar-refractivity contribution in [3.8, 4) is 5.75 Å². The first-order chi connectivity index (χ1) is 7.81. The van der Waals surface area contributed by atoms with E-state index < -0.39 is 6.10 Å². The van der Waals surface area contributed by atoms with Crippen LogP contribution in [-0.2, 0) is 0 Å². The van der Waals surface area contributed by atoms with Gasteiger partial charge < -0.3 is 20.4 Å². The Morgan fingerprint density at radius 2 is 1.76 bits per heavy atom. The Labute approximate surface area is 99.4 Å². The summed E-state index contributed by atoms with van der Waals surface area (Å²) in [6.45, 7) is -0.185. The molecule has 1 atom stereocenters. The van der Waals surface area contributed by atoms with Gasteiger partial charge in [0.05, 0.1) is 6.61 Å². The van der Waals surface area contributed by atoms with Crippen LogP contribution in [0.15, 0.2) is 42.5 Å². The Morgan fingerprint density at radius 3 is 2.53 bits per heavy atom. The van der Waals surface area contributed by atoms with Crippen LogP contribution in [0.3, 0.4) is 0 Å². The van der Waals surface area contributed by atoms with Gasteiger partial charge in [-0.2, -0.15) is 0 Å². The summed E-state index contributed by atoms with van der Waals surface area (Å²) in [6, 6.07) is 13.6. The van der Waals surface area contributed by atoms with E-state index in [0.29, 0.717) is 0 Å². The Kier molecular flexibility index (Phi) is 4.90. The third kappa shape index (κ3) is 3.17. The summed E-state index contributed by atoms with van der Waals surface area (Å²) in [7, 11) is 0. The van der Waals surface area contributed by atoms with Gasteiger partial charge in [-0.15, -0.1) is 0 Å². The van der Waals surface area contributed by atoms with Crippen molar-refractivity contribution in [3.63, 3.8) is 0 Å². The van der Waals surface area contributed by atoms with Crippen molar-refractivity contribution in [2.75, 3.05) is 13.2 Å². The highest BCUT2D eigenvalue weighted by Crippen LogP contribution is 2.25. The van der Waals surface area contributed by atoms with Crippen LogP contribution < -0.4 is 4.74 Å². The minimum absolute atomic E-state index is 0. The lowest BCUT2D eigenvalue weighted by atomic mass is 10.1. The van der Waals surface area contributed by atoms with E-state index in [4.69, 9.17) is 9.84 Å². The lowest BCUT2D eigenvalue weighted by Gasteiger charge is -2.11. The Bertz CT molecular complexity index is 464. The van der Waals surface area contributed by atoms with Crippen molar-refractivity contribution < 1.29 is 20.4 Å². The highest BCUT2D eigenvalue weighted by atomic mass is 16.5. The summed E-state index contributed by atoms with van der Waals surface area (Å²) in [5, 5.41) is 20.0. The normalized spacial score (nSPS) is 11.9. The maximum Gasteiger partial charge on any atom is 0.127 e. The van der Waals surface area contributed by atoms with Crippen molar-refractivity contribution >= 4 is 10.8 Å². The predicted octanol–water partition coefficient (Wildman–Crippen LogP) is 0.747. The van der Waals surface area contributed by atoms with E-state index in [0.717, 1.165) is 16.5 Å². The van der Waals surface area contributed by atoms with Gasteiger partial charge in [0.15, 0.2) is 0 Å². The zero-order valence-electron chi connectivity index (χ0n) is 9.34. The van der Waals surface area contributed by atoms with Gasteiger partial charge in [-0.3, -0.25) is 0 Å². The predicted molar refractivity (Wildman–Crippen MR) is 66.1 cm³/mol. The molecule has 0 aromatic heterocycles. The molecule has 4 heteroatoms. The second kappa shape index (κ2) is 6.20. The smallest absolute Gasteiger partial charge is 0.127 e. The molecule has 0 saturated heterocycles. The number of rotatable bonds is 4. The average Bonchev–Trinajstić information content (AvgIpc) is 2.35. The molecule has 0 bridgehead atoms. The van der Waals surface area contributed by atoms with E-state index in [-0.39, 0.29) is 18.7 Å². The van der Waals surface area contributed by atoms with E-state index in [2.05, 4.69) is 0 Å². The Morgan fingerprint density at radius 1 is 1.06 bits per heavy atom. The molecule has 0 heterocycles. The van der Waals surface area contributed by atoms with Crippen LogP contribution in [0.25, 0.3) is 10.8 Å². The largest absolute Gasteiger partial charge is 0.490 e. The highest BCUT2D eigenvalue weighted by Gasteiger charge is 2.05. The quantitative estimate of drug-likeness (QED) is 0.821. The SMILES string of the molecule is O.OCC(O)COc1cccc2ccccc12. The van der Waals surface area contributed by atoms with Crippen molar-refractivity contribution in [2.45, 2.75) is 6.10 Å². The first kappa shape index (κ1) is 13.4. The van der Waals surface area contributed by atoms with Gasteiger partial charge in [0, 0.05) is 5.39 Å². The van der Waals surface area contributed by atoms with Crippen LogP contribution in [0, 0.1) is 0 Å². The summed E-state index contributed by atoms with van der Waals surface area (Å²) in [5.74, 6) is 0.727. The number of aliphatic hydroxyl groups excluding tert-OH is 2. The molecule has 17 heavy (non-hydrogen) atoms. The average molecular weight is 236 g/mol.